The van der Waals surface area contributed by atoms with Gasteiger partial charge in [-0.05, 0) is 39.0 Å². The average molecular weight is 367 g/mol. The van der Waals surface area contributed by atoms with E-state index < -0.39 is 5.82 Å². The van der Waals surface area contributed by atoms with Crippen LogP contribution in [0.1, 0.15) is 40.1 Å². The molecule has 140 valence electrons. The van der Waals surface area contributed by atoms with Crippen LogP contribution in [0.2, 0.25) is 0 Å². The van der Waals surface area contributed by atoms with Gasteiger partial charge in [0.1, 0.15) is 17.3 Å². The highest BCUT2D eigenvalue weighted by atomic mass is 19.1. The number of aromatic nitrogens is 2. The fourth-order valence-corrected chi connectivity index (χ4v) is 3.04. The summed E-state index contributed by atoms with van der Waals surface area (Å²) in [5.41, 5.74) is 3.25. The van der Waals surface area contributed by atoms with Gasteiger partial charge >= 0.3 is 0 Å². The number of benzene rings is 2. The van der Waals surface area contributed by atoms with Gasteiger partial charge in [-0.15, -0.1) is 0 Å². The largest absolute Gasteiger partial charge is 0.496 e. The summed E-state index contributed by atoms with van der Waals surface area (Å²) in [7, 11) is 1.60. The van der Waals surface area contributed by atoms with Crippen LogP contribution in [0.4, 0.5) is 4.39 Å². The predicted molar refractivity (Wildman–Crippen MR) is 102 cm³/mol. The molecule has 1 atom stereocenters. The summed E-state index contributed by atoms with van der Waals surface area (Å²) in [6.45, 7) is 5.62. The van der Waals surface area contributed by atoms with Gasteiger partial charge < -0.3 is 10.1 Å². The van der Waals surface area contributed by atoms with Crippen molar-refractivity contribution in [3.8, 4) is 11.4 Å². The Morgan fingerprint density at radius 1 is 1.22 bits per heavy atom. The molecule has 1 aromatic heterocycles. The van der Waals surface area contributed by atoms with Gasteiger partial charge in [-0.25, -0.2) is 9.07 Å². The second kappa shape index (κ2) is 7.61. The molecule has 1 unspecified atom stereocenters. The third kappa shape index (κ3) is 3.69. The standard InChI is InChI=1S/C21H22FN3O2/c1-13-9-10-20(27-4)16(11-13)14(2)24-21(26)17-12-23-25(15(17)3)19-8-6-5-7-18(19)22/h5-12,14H,1-4H3,(H,24,26). The molecule has 1 amide bonds. The van der Waals surface area contributed by atoms with Crippen molar-refractivity contribution >= 4 is 5.91 Å². The summed E-state index contributed by atoms with van der Waals surface area (Å²) in [6, 6.07) is 11.9. The molecule has 5 nitrogen and oxygen atoms in total. The number of rotatable bonds is 5. The van der Waals surface area contributed by atoms with E-state index in [4.69, 9.17) is 4.74 Å². The van der Waals surface area contributed by atoms with Crippen LogP contribution < -0.4 is 10.1 Å². The Bertz CT molecular complexity index is 981. The molecule has 0 saturated carbocycles. The normalized spacial score (nSPS) is 11.9. The summed E-state index contributed by atoms with van der Waals surface area (Å²) in [5.74, 6) is 0.0480. The number of carbonyl (C=O) groups excluding carboxylic acids is 1. The van der Waals surface area contributed by atoms with Gasteiger partial charge in [0, 0.05) is 5.56 Å². The molecule has 0 aliphatic carbocycles. The highest BCUT2D eigenvalue weighted by Crippen LogP contribution is 2.26. The number of methoxy groups -OCH3 is 1. The van der Waals surface area contributed by atoms with Crippen LogP contribution in [0.15, 0.2) is 48.7 Å². The van der Waals surface area contributed by atoms with Crippen LogP contribution in [0, 0.1) is 19.7 Å². The van der Waals surface area contributed by atoms with Gasteiger partial charge in [-0.2, -0.15) is 5.10 Å². The number of carbonyl (C=O) groups is 1. The van der Waals surface area contributed by atoms with Gasteiger partial charge in [-0.3, -0.25) is 4.79 Å². The molecule has 3 rings (SSSR count). The van der Waals surface area contributed by atoms with E-state index in [9.17, 15) is 9.18 Å². The monoisotopic (exact) mass is 367 g/mol. The number of amides is 1. The minimum atomic E-state index is -0.395. The van der Waals surface area contributed by atoms with Crippen molar-refractivity contribution in [2.24, 2.45) is 0 Å². The molecule has 2 aromatic carbocycles. The maximum Gasteiger partial charge on any atom is 0.255 e. The average Bonchev–Trinajstić information content (AvgIpc) is 3.03. The zero-order valence-electron chi connectivity index (χ0n) is 15.8. The van der Waals surface area contributed by atoms with E-state index in [0.717, 1.165) is 11.1 Å². The molecule has 0 fully saturated rings. The van der Waals surface area contributed by atoms with Gasteiger partial charge in [0.2, 0.25) is 0 Å². The number of nitrogens with zero attached hydrogens (tertiary/aromatic N) is 2. The van der Waals surface area contributed by atoms with Crippen LogP contribution in [0.5, 0.6) is 5.75 Å². The lowest BCUT2D eigenvalue weighted by molar-refractivity contribution is 0.0939. The summed E-state index contributed by atoms with van der Waals surface area (Å²) < 4.78 is 20.9. The number of ether oxygens (including phenoxy) is 1. The lowest BCUT2D eigenvalue weighted by atomic mass is 10.0. The Morgan fingerprint density at radius 2 is 1.96 bits per heavy atom. The summed E-state index contributed by atoms with van der Waals surface area (Å²) in [6.07, 6.45) is 1.46. The Kier molecular flexibility index (Phi) is 5.26. The zero-order chi connectivity index (χ0) is 19.6. The number of halogens is 1. The molecule has 0 aliphatic heterocycles. The third-order valence-electron chi connectivity index (χ3n) is 4.53. The van der Waals surface area contributed by atoms with Gasteiger partial charge in [-0.1, -0.05) is 29.8 Å². The molecule has 27 heavy (non-hydrogen) atoms. The molecule has 0 aliphatic rings. The first-order chi connectivity index (χ1) is 12.9. The summed E-state index contributed by atoms with van der Waals surface area (Å²) >= 11 is 0. The Morgan fingerprint density at radius 3 is 2.67 bits per heavy atom. The summed E-state index contributed by atoms with van der Waals surface area (Å²) in [4.78, 5) is 12.8. The maximum absolute atomic E-state index is 14.0. The van der Waals surface area contributed by atoms with Crippen molar-refractivity contribution in [3.63, 3.8) is 0 Å². The van der Waals surface area contributed by atoms with E-state index in [1.54, 1.807) is 32.2 Å². The minimum Gasteiger partial charge on any atom is -0.496 e. The first-order valence-electron chi connectivity index (χ1n) is 8.67. The smallest absolute Gasteiger partial charge is 0.255 e. The first kappa shape index (κ1) is 18.6. The lowest BCUT2D eigenvalue weighted by Gasteiger charge is -2.18. The third-order valence-corrected chi connectivity index (χ3v) is 4.53. The van der Waals surface area contributed by atoms with E-state index in [-0.39, 0.29) is 11.9 Å². The van der Waals surface area contributed by atoms with Crippen LogP contribution in [-0.2, 0) is 0 Å². The zero-order valence-corrected chi connectivity index (χ0v) is 15.8. The van der Waals surface area contributed by atoms with Crippen LogP contribution in [0.3, 0.4) is 0 Å². The van der Waals surface area contributed by atoms with Gasteiger partial charge in [0.15, 0.2) is 0 Å². The van der Waals surface area contributed by atoms with E-state index in [1.807, 2.05) is 32.0 Å². The number of hydrogen-bond acceptors (Lipinski definition) is 3. The van der Waals surface area contributed by atoms with E-state index in [2.05, 4.69) is 10.4 Å². The topological polar surface area (TPSA) is 56.1 Å². The molecule has 0 bridgehead atoms. The molecule has 6 heteroatoms. The number of para-hydroxylation sites is 1. The number of nitrogens with one attached hydrogen (secondary N) is 1. The number of aryl methyl sites for hydroxylation is 1. The molecule has 3 aromatic rings. The fourth-order valence-electron chi connectivity index (χ4n) is 3.04. The summed E-state index contributed by atoms with van der Waals surface area (Å²) in [5, 5.41) is 7.16. The molecule has 1 N–H and O–H groups in total. The molecule has 1 heterocycles. The molecule has 0 saturated heterocycles. The predicted octanol–water partition coefficient (Wildman–Crippen LogP) is 4.13. The van der Waals surface area contributed by atoms with Crippen molar-refractivity contribution < 1.29 is 13.9 Å². The second-order valence-corrected chi connectivity index (χ2v) is 6.45. The minimum absolute atomic E-state index is 0.261. The highest BCUT2D eigenvalue weighted by molar-refractivity contribution is 5.95. The van der Waals surface area contributed by atoms with Crippen LogP contribution >= 0.6 is 0 Å². The van der Waals surface area contributed by atoms with Gasteiger partial charge in [0.05, 0.1) is 30.6 Å². The second-order valence-electron chi connectivity index (χ2n) is 6.45. The Balaban J connectivity index is 1.86. The van der Waals surface area contributed by atoms with Crippen molar-refractivity contribution in [3.05, 3.63) is 76.9 Å². The van der Waals surface area contributed by atoms with Crippen LogP contribution in [-0.4, -0.2) is 22.8 Å². The maximum atomic E-state index is 14.0. The van der Waals surface area contributed by atoms with Crippen molar-refractivity contribution in [1.29, 1.82) is 0 Å². The molecule has 0 spiro atoms. The quantitative estimate of drug-likeness (QED) is 0.738. The molecular weight excluding hydrogens is 345 g/mol. The van der Waals surface area contributed by atoms with Crippen molar-refractivity contribution in [2.45, 2.75) is 26.8 Å². The van der Waals surface area contributed by atoms with E-state index in [0.29, 0.717) is 22.7 Å². The lowest BCUT2D eigenvalue weighted by Crippen LogP contribution is -2.27. The van der Waals surface area contributed by atoms with Crippen molar-refractivity contribution in [1.82, 2.24) is 15.1 Å². The fraction of sp³-hybridized carbons (Fsp3) is 0.238. The first-order valence-corrected chi connectivity index (χ1v) is 8.67. The molecule has 0 radical (unpaired) electrons. The number of hydrogen-bond donors (Lipinski definition) is 1. The SMILES string of the molecule is COc1ccc(C)cc1C(C)NC(=O)c1cnn(-c2ccccc2F)c1C. The van der Waals surface area contributed by atoms with E-state index >= 15 is 0 Å². The van der Waals surface area contributed by atoms with Gasteiger partial charge in [0.25, 0.3) is 5.91 Å². The Labute approximate surface area is 157 Å². The van der Waals surface area contributed by atoms with E-state index in [1.165, 1.54) is 16.9 Å². The van der Waals surface area contributed by atoms with Crippen molar-refractivity contribution in [2.75, 3.05) is 7.11 Å². The highest BCUT2D eigenvalue weighted by Gasteiger charge is 2.20. The molecular formula is C21H22FN3O2. The Hall–Kier alpha value is -3.15. The van der Waals surface area contributed by atoms with Crippen LogP contribution in [0.25, 0.3) is 5.69 Å².